The second-order valence-electron chi connectivity index (χ2n) is 5.95. The number of carboxylic acid groups (broad SMARTS) is 1. The molecule has 1 aliphatic rings. The summed E-state index contributed by atoms with van der Waals surface area (Å²) in [5.74, 6) is -0.997. The normalized spacial score (nSPS) is 20.2. The maximum Gasteiger partial charge on any atom is 0.338 e. The largest absolute Gasteiger partial charge is 0.478 e. The van der Waals surface area contributed by atoms with Gasteiger partial charge in [-0.3, -0.25) is 4.90 Å². The van der Waals surface area contributed by atoms with Gasteiger partial charge in [0.2, 0.25) is 0 Å². The van der Waals surface area contributed by atoms with Crippen LogP contribution in [0.5, 0.6) is 0 Å². The van der Waals surface area contributed by atoms with Gasteiger partial charge < -0.3 is 5.11 Å². The molecule has 1 N–H and O–H groups in total. The van der Waals surface area contributed by atoms with Crippen molar-refractivity contribution in [3.8, 4) is 0 Å². The van der Waals surface area contributed by atoms with Crippen LogP contribution in [0.15, 0.2) is 18.2 Å². The van der Waals surface area contributed by atoms with Gasteiger partial charge in [0.15, 0.2) is 0 Å². The number of likely N-dealkylation sites (tertiary alicyclic amines) is 1. The van der Waals surface area contributed by atoms with E-state index < -0.39 is 11.8 Å². The summed E-state index contributed by atoms with van der Waals surface area (Å²) in [6, 6.07) is 4.64. The lowest BCUT2D eigenvalue weighted by molar-refractivity contribution is 0.0691. The molecule has 1 aliphatic heterocycles. The molecule has 0 aromatic heterocycles. The van der Waals surface area contributed by atoms with Gasteiger partial charge in [-0.15, -0.1) is 0 Å². The highest BCUT2D eigenvalue weighted by Gasteiger charge is 2.19. The van der Waals surface area contributed by atoms with Crippen LogP contribution in [0.25, 0.3) is 0 Å². The van der Waals surface area contributed by atoms with Crippen LogP contribution in [0.2, 0.25) is 0 Å². The third-order valence-electron chi connectivity index (χ3n) is 4.34. The molecule has 0 bridgehead atoms. The van der Waals surface area contributed by atoms with E-state index in [0.29, 0.717) is 12.1 Å². The van der Waals surface area contributed by atoms with Crippen LogP contribution < -0.4 is 0 Å². The van der Waals surface area contributed by atoms with Crippen LogP contribution in [0.3, 0.4) is 0 Å². The van der Waals surface area contributed by atoms with Crippen molar-refractivity contribution in [3.63, 3.8) is 0 Å². The van der Waals surface area contributed by atoms with Gasteiger partial charge in [0.25, 0.3) is 0 Å². The number of nitrogens with zero attached hydrogens (tertiary/aromatic N) is 1. The fourth-order valence-electron chi connectivity index (χ4n) is 3.19. The van der Waals surface area contributed by atoms with E-state index in [1.165, 1.54) is 25.3 Å². The Kier molecular flexibility index (Phi) is 5.74. The lowest BCUT2D eigenvalue weighted by atomic mass is 9.96. The van der Waals surface area contributed by atoms with Crippen molar-refractivity contribution in [2.75, 3.05) is 13.1 Å². The molecule has 1 fully saturated rings. The van der Waals surface area contributed by atoms with Crippen molar-refractivity contribution in [2.45, 2.75) is 45.6 Å². The molecule has 0 saturated carbocycles. The molecule has 1 aromatic carbocycles. The summed E-state index contributed by atoms with van der Waals surface area (Å²) in [4.78, 5) is 13.2. The van der Waals surface area contributed by atoms with Crippen LogP contribution in [-0.4, -0.2) is 29.1 Å². The van der Waals surface area contributed by atoms with E-state index in [4.69, 9.17) is 5.11 Å². The van der Waals surface area contributed by atoms with Crippen LogP contribution in [-0.2, 0) is 6.54 Å². The summed E-state index contributed by atoms with van der Waals surface area (Å²) in [6.45, 7) is 4.67. The molecule has 21 heavy (non-hydrogen) atoms. The average Bonchev–Trinajstić information content (AvgIpc) is 2.67. The highest BCUT2D eigenvalue weighted by Crippen LogP contribution is 2.23. The predicted molar refractivity (Wildman–Crippen MR) is 80.9 cm³/mol. The van der Waals surface area contributed by atoms with Crippen LogP contribution in [0.4, 0.5) is 4.39 Å². The van der Waals surface area contributed by atoms with Crippen molar-refractivity contribution in [1.29, 1.82) is 0 Å². The molecular weight excluding hydrogens is 269 g/mol. The zero-order valence-electron chi connectivity index (χ0n) is 12.6. The van der Waals surface area contributed by atoms with Crippen molar-refractivity contribution < 1.29 is 14.3 Å². The Balaban J connectivity index is 2.02. The lowest BCUT2D eigenvalue weighted by Gasteiger charge is -2.20. The topological polar surface area (TPSA) is 40.5 Å². The summed E-state index contributed by atoms with van der Waals surface area (Å²) >= 11 is 0. The average molecular weight is 293 g/mol. The van der Waals surface area contributed by atoms with E-state index in [1.54, 1.807) is 12.1 Å². The quantitative estimate of drug-likeness (QED) is 0.894. The number of rotatable bonds is 5. The Morgan fingerprint density at radius 1 is 1.38 bits per heavy atom. The summed E-state index contributed by atoms with van der Waals surface area (Å²) in [7, 11) is 0. The molecule has 1 unspecified atom stereocenters. The number of benzene rings is 1. The number of hydrogen-bond donors (Lipinski definition) is 1. The highest BCUT2D eigenvalue weighted by atomic mass is 19.1. The third kappa shape index (κ3) is 4.27. The molecule has 1 atom stereocenters. The maximum atomic E-state index is 14.2. The SMILES string of the molecule is CCCC1CCCN(Cc2cccc(C(=O)O)c2F)CC1. The van der Waals surface area contributed by atoms with Gasteiger partial charge in [-0.2, -0.15) is 0 Å². The van der Waals surface area contributed by atoms with E-state index in [1.807, 2.05) is 0 Å². The molecule has 4 heteroatoms. The number of carboxylic acids is 1. The molecule has 116 valence electrons. The minimum absolute atomic E-state index is 0.230. The summed E-state index contributed by atoms with van der Waals surface area (Å²) in [6.07, 6.45) is 6.05. The number of carbonyl (C=O) groups is 1. The second-order valence-corrected chi connectivity index (χ2v) is 5.95. The number of aromatic carboxylic acids is 1. The number of halogens is 1. The first-order valence-corrected chi connectivity index (χ1v) is 7.84. The lowest BCUT2D eigenvalue weighted by Crippen LogP contribution is -2.25. The molecule has 1 saturated heterocycles. The maximum absolute atomic E-state index is 14.2. The zero-order chi connectivity index (χ0) is 15.2. The van der Waals surface area contributed by atoms with E-state index in [9.17, 15) is 9.18 Å². The summed E-state index contributed by atoms with van der Waals surface area (Å²) < 4.78 is 14.2. The Morgan fingerprint density at radius 3 is 2.90 bits per heavy atom. The fraction of sp³-hybridized carbons (Fsp3) is 0.588. The molecule has 0 radical (unpaired) electrons. The highest BCUT2D eigenvalue weighted by molar-refractivity contribution is 5.88. The van der Waals surface area contributed by atoms with Crippen molar-refractivity contribution in [1.82, 2.24) is 4.90 Å². The molecule has 0 amide bonds. The van der Waals surface area contributed by atoms with Crippen molar-refractivity contribution in [3.05, 3.63) is 35.1 Å². The summed E-state index contributed by atoms with van der Waals surface area (Å²) in [5.41, 5.74) is 0.259. The van der Waals surface area contributed by atoms with E-state index in [-0.39, 0.29) is 5.56 Å². The minimum atomic E-state index is -1.20. The molecule has 0 spiro atoms. The van der Waals surface area contributed by atoms with Gasteiger partial charge in [-0.1, -0.05) is 31.9 Å². The van der Waals surface area contributed by atoms with Crippen molar-refractivity contribution in [2.24, 2.45) is 5.92 Å². The Bertz CT molecular complexity index is 490. The van der Waals surface area contributed by atoms with Gasteiger partial charge in [0.05, 0.1) is 5.56 Å². The van der Waals surface area contributed by atoms with Gasteiger partial charge >= 0.3 is 5.97 Å². The zero-order valence-corrected chi connectivity index (χ0v) is 12.6. The number of hydrogen-bond acceptors (Lipinski definition) is 2. The first-order valence-electron chi connectivity index (χ1n) is 7.84. The minimum Gasteiger partial charge on any atom is -0.478 e. The smallest absolute Gasteiger partial charge is 0.338 e. The van der Waals surface area contributed by atoms with Crippen LogP contribution in [0.1, 0.15) is 54.9 Å². The fourth-order valence-corrected chi connectivity index (χ4v) is 3.19. The Hall–Kier alpha value is -1.42. The van der Waals surface area contributed by atoms with Gasteiger partial charge in [-0.05, 0) is 44.3 Å². The predicted octanol–water partition coefficient (Wildman–Crippen LogP) is 3.93. The van der Waals surface area contributed by atoms with Crippen LogP contribution >= 0.6 is 0 Å². The Morgan fingerprint density at radius 2 is 2.19 bits per heavy atom. The first-order chi connectivity index (χ1) is 10.1. The molecular formula is C17H24FNO2. The third-order valence-corrected chi connectivity index (χ3v) is 4.34. The van der Waals surface area contributed by atoms with Gasteiger partial charge in [0.1, 0.15) is 5.82 Å². The molecule has 2 rings (SSSR count). The molecule has 1 aromatic rings. The Labute approximate surface area is 125 Å². The molecule has 3 nitrogen and oxygen atoms in total. The monoisotopic (exact) mass is 293 g/mol. The summed E-state index contributed by atoms with van der Waals surface area (Å²) in [5, 5.41) is 8.98. The van der Waals surface area contributed by atoms with Crippen molar-refractivity contribution >= 4 is 5.97 Å². The van der Waals surface area contributed by atoms with E-state index in [2.05, 4.69) is 11.8 Å². The first kappa shape index (κ1) is 16.0. The van der Waals surface area contributed by atoms with E-state index in [0.717, 1.165) is 31.8 Å². The standard InChI is InChI=1S/C17H24FNO2/c1-2-5-13-6-4-10-19(11-9-13)12-14-7-3-8-15(16(14)18)17(20)21/h3,7-8,13H,2,4-6,9-12H2,1H3,(H,20,21). The molecule has 0 aliphatic carbocycles. The molecule has 1 heterocycles. The van der Waals surface area contributed by atoms with Gasteiger partial charge in [-0.25, -0.2) is 9.18 Å². The second kappa shape index (κ2) is 7.55. The van der Waals surface area contributed by atoms with Crippen LogP contribution in [0, 0.1) is 11.7 Å². The van der Waals surface area contributed by atoms with E-state index >= 15 is 0 Å². The van der Waals surface area contributed by atoms with Gasteiger partial charge in [0, 0.05) is 12.1 Å².